The Bertz CT molecular complexity index is 1370. The number of aryl methyl sites for hydroxylation is 2. The number of carbonyl (C=O) groups is 1. The standard InChI is InChI=1S/C30H34ClNO5/c1-4-20-17-26(33)37-25-16-18(2)15-24(27(20)25)36-19(3)29(34)32-14-13-30(35)12-6-5-7-23(30)28(32)21-8-10-22(31)11-9-21/h8-11,15-17,19,23,28,35H,4-7,12-14H2,1-3H3/t19-,23-,28-,30-/m1/s1. The zero-order chi connectivity index (χ0) is 26.3. The van der Waals surface area contributed by atoms with Crippen molar-refractivity contribution in [3.8, 4) is 5.75 Å². The molecule has 1 saturated carbocycles. The van der Waals surface area contributed by atoms with Crippen LogP contribution in [0.1, 0.15) is 68.7 Å². The summed E-state index contributed by atoms with van der Waals surface area (Å²) in [7, 11) is 0. The molecule has 1 saturated heterocycles. The van der Waals surface area contributed by atoms with Gasteiger partial charge in [-0.1, -0.05) is 43.5 Å². The van der Waals surface area contributed by atoms with Gasteiger partial charge in [-0.25, -0.2) is 4.79 Å². The maximum atomic E-state index is 14.0. The van der Waals surface area contributed by atoms with Gasteiger partial charge in [0.15, 0.2) is 6.10 Å². The van der Waals surface area contributed by atoms with E-state index in [-0.39, 0.29) is 17.9 Å². The van der Waals surface area contributed by atoms with Gasteiger partial charge in [0.05, 0.1) is 17.0 Å². The molecule has 196 valence electrons. The number of nitrogens with zero attached hydrogens (tertiary/aromatic N) is 1. The van der Waals surface area contributed by atoms with E-state index in [2.05, 4.69) is 0 Å². The normalized spacial score (nSPS) is 24.5. The van der Waals surface area contributed by atoms with Gasteiger partial charge < -0.3 is 19.2 Å². The average molecular weight is 524 g/mol. The first kappa shape index (κ1) is 25.8. The summed E-state index contributed by atoms with van der Waals surface area (Å²) in [6.07, 6.45) is 4.08. The van der Waals surface area contributed by atoms with Gasteiger partial charge in [-0.2, -0.15) is 0 Å². The van der Waals surface area contributed by atoms with Crippen molar-refractivity contribution in [2.45, 2.75) is 77.0 Å². The van der Waals surface area contributed by atoms with Crippen molar-refractivity contribution < 1.29 is 19.1 Å². The molecule has 5 rings (SSSR count). The topological polar surface area (TPSA) is 80.0 Å². The van der Waals surface area contributed by atoms with Crippen LogP contribution >= 0.6 is 11.6 Å². The van der Waals surface area contributed by atoms with Crippen LogP contribution in [0.5, 0.6) is 5.75 Å². The molecule has 6 nitrogen and oxygen atoms in total. The van der Waals surface area contributed by atoms with Crippen LogP contribution in [0.4, 0.5) is 0 Å². The van der Waals surface area contributed by atoms with Crippen LogP contribution < -0.4 is 10.4 Å². The van der Waals surface area contributed by atoms with Crippen LogP contribution in [0.25, 0.3) is 11.0 Å². The van der Waals surface area contributed by atoms with E-state index in [9.17, 15) is 14.7 Å². The fourth-order valence-corrected chi connectivity index (χ4v) is 6.44. The minimum absolute atomic E-state index is 0.0481. The van der Waals surface area contributed by atoms with Gasteiger partial charge in [0.2, 0.25) is 0 Å². The van der Waals surface area contributed by atoms with Crippen molar-refractivity contribution in [3.63, 3.8) is 0 Å². The molecule has 1 aromatic heterocycles. The summed E-state index contributed by atoms with van der Waals surface area (Å²) in [4.78, 5) is 27.9. The number of hydrogen-bond donors (Lipinski definition) is 1. The number of halogens is 1. The second kappa shape index (κ2) is 10.1. The molecular formula is C30H34ClNO5. The van der Waals surface area contributed by atoms with Crippen molar-refractivity contribution in [3.05, 3.63) is 74.6 Å². The number of rotatable bonds is 5. The molecule has 2 aliphatic rings. The molecule has 3 aromatic rings. The molecule has 2 heterocycles. The van der Waals surface area contributed by atoms with Gasteiger partial charge in [-0.05, 0) is 80.5 Å². The smallest absolute Gasteiger partial charge is 0.336 e. The third kappa shape index (κ3) is 4.89. The first-order valence-corrected chi connectivity index (χ1v) is 13.6. The zero-order valence-corrected chi connectivity index (χ0v) is 22.4. The molecule has 2 aromatic carbocycles. The summed E-state index contributed by atoms with van der Waals surface area (Å²) in [6.45, 7) is 6.10. The van der Waals surface area contributed by atoms with Crippen LogP contribution in [0.2, 0.25) is 5.02 Å². The minimum Gasteiger partial charge on any atom is -0.480 e. The molecule has 1 aliphatic carbocycles. The summed E-state index contributed by atoms with van der Waals surface area (Å²) in [6, 6.07) is 12.5. The second-order valence-electron chi connectivity index (χ2n) is 10.6. The monoisotopic (exact) mass is 523 g/mol. The van der Waals surface area contributed by atoms with Gasteiger partial charge in [-0.15, -0.1) is 0 Å². The third-order valence-corrected chi connectivity index (χ3v) is 8.38. The highest BCUT2D eigenvalue weighted by molar-refractivity contribution is 6.30. The summed E-state index contributed by atoms with van der Waals surface area (Å²) in [5.41, 5.74) is 1.97. The number of aliphatic hydroxyl groups is 1. The summed E-state index contributed by atoms with van der Waals surface area (Å²) in [5, 5.41) is 12.9. The lowest BCUT2D eigenvalue weighted by Gasteiger charge is -2.53. The molecule has 1 amide bonds. The predicted octanol–water partition coefficient (Wildman–Crippen LogP) is 5.98. The Labute approximate surface area is 222 Å². The molecule has 37 heavy (non-hydrogen) atoms. The number of likely N-dealkylation sites (tertiary alicyclic amines) is 1. The fourth-order valence-electron chi connectivity index (χ4n) is 6.32. The summed E-state index contributed by atoms with van der Waals surface area (Å²) < 4.78 is 11.8. The first-order valence-electron chi connectivity index (χ1n) is 13.2. The van der Waals surface area contributed by atoms with Gasteiger partial charge in [-0.3, -0.25) is 4.79 Å². The zero-order valence-electron chi connectivity index (χ0n) is 21.6. The lowest BCUT2D eigenvalue weighted by atomic mass is 9.66. The van der Waals surface area contributed by atoms with Crippen LogP contribution in [0.15, 0.2) is 51.7 Å². The molecule has 0 unspecified atom stereocenters. The van der Waals surface area contributed by atoms with E-state index >= 15 is 0 Å². The molecule has 0 spiro atoms. The van der Waals surface area contributed by atoms with Gasteiger partial charge in [0, 0.05) is 23.6 Å². The number of fused-ring (bicyclic) bond motifs is 2. The van der Waals surface area contributed by atoms with Gasteiger partial charge in [0.25, 0.3) is 5.91 Å². The van der Waals surface area contributed by atoms with E-state index in [1.54, 1.807) is 6.92 Å². The molecule has 0 radical (unpaired) electrons. The number of piperidine rings is 1. The number of carbonyl (C=O) groups excluding carboxylic acids is 1. The van der Waals surface area contributed by atoms with E-state index < -0.39 is 17.3 Å². The van der Waals surface area contributed by atoms with Crippen molar-refractivity contribution in [2.24, 2.45) is 5.92 Å². The highest BCUT2D eigenvalue weighted by Crippen LogP contribution is 2.49. The van der Waals surface area contributed by atoms with E-state index in [1.165, 1.54) is 6.07 Å². The quantitative estimate of drug-likeness (QED) is 0.416. The van der Waals surface area contributed by atoms with Crippen molar-refractivity contribution >= 4 is 28.5 Å². The molecule has 7 heteroatoms. The molecular weight excluding hydrogens is 490 g/mol. The Kier molecular flexibility index (Phi) is 7.08. The van der Waals surface area contributed by atoms with Gasteiger partial charge >= 0.3 is 5.63 Å². The SMILES string of the molecule is CCc1cc(=O)oc2cc(C)cc(O[C@H](C)C(=O)N3CC[C@]4(O)CCCC[C@@H]4[C@H]3c3ccc(Cl)cc3)c12. The van der Waals surface area contributed by atoms with Gasteiger partial charge in [0.1, 0.15) is 11.3 Å². The number of amides is 1. The second-order valence-corrected chi connectivity index (χ2v) is 11.0. The Morgan fingerprint density at radius 3 is 2.70 bits per heavy atom. The van der Waals surface area contributed by atoms with E-state index in [0.717, 1.165) is 47.8 Å². The number of hydrogen-bond acceptors (Lipinski definition) is 5. The Hall–Kier alpha value is -2.83. The van der Waals surface area contributed by atoms with Crippen molar-refractivity contribution in [1.82, 2.24) is 4.90 Å². The van der Waals surface area contributed by atoms with Crippen LogP contribution in [-0.2, 0) is 11.2 Å². The fraction of sp³-hybridized carbons (Fsp3) is 0.467. The Morgan fingerprint density at radius 2 is 1.97 bits per heavy atom. The first-order chi connectivity index (χ1) is 17.7. The molecule has 4 atom stereocenters. The number of ether oxygens (including phenoxy) is 1. The highest BCUT2D eigenvalue weighted by Gasteiger charge is 2.50. The van der Waals surface area contributed by atoms with E-state index in [1.807, 2.05) is 55.1 Å². The average Bonchev–Trinajstić information content (AvgIpc) is 2.87. The molecule has 1 aliphatic heterocycles. The maximum Gasteiger partial charge on any atom is 0.336 e. The van der Waals surface area contributed by atoms with Crippen molar-refractivity contribution in [2.75, 3.05) is 6.54 Å². The number of benzene rings is 2. The molecule has 2 fully saturated rings. The lowest BCUT2D eigenvalue weighted by molar-refractivity contribution is -0.161. The van der Waals surface area contributed by atoms with E-state index in [0.29, 0.717) is 35.7 Å². The Morgan fingerprint density at radius 1 is 1.22 bits per heavy atom. The Balaban J connectivity index is 1.49. The maximum absolute atomic E-state index is 14.0. The molecule has 1 N–H and O–H groups in total. The predicted molar refractivity (Wildman–Crippen MR) is 144 cm³/mol. The van der Waals surface area contributed by atoms with Crippen molar-refractivity contribution in [1.29, 1.82) is 0 Å². The third-order valence-electron chi connectivity index (χ3n) is 8.13. The minimum atomic E-state index is -0.774. The van der Waals surface area contributed by atoms with Crippen LogP contribution in [-0.4, -0.2) is 34.2 Å². The van der Waals surface area contributed by atoms with Crippen LogP contribution in [0, 0.1) is 12.8 Å². The summed E-state index contributed by atoms with van der Waals surface area (Å²) >= 11 is 6.17. The highest BCUT2D eigenvalue weighted by atomic mass is 35.5. The molecule has 0 bridgehead atoms. The lowest BCUT2D eigenvalue weighted by Crippen LogP contribution is -2.58. The largest absolute Gasteiger partial charge is 0.480 e. The van der Waals surface area contributed by atoms with Crippen LogP contribution in [0.3, 0.4) is 0 Å². The summed E-state index contributed by atoms with van der Waals surface area (Å²) in [5.74, 6) is 0.358. The van der Waals surface area contributed by atoms with E-state index in [4.69, 9.17) is 20.8 Å².